The van der Waals surface area contributed by atoms with E-state index in [2.05, 4.69) is 6.92 Å². The van der Waals surface area contributed by atoms with Crippen LogP contribution in [0.2, 0.25) is 0 Å². The van der Waals surface area contributed by atoms with Gasteiger partial charge in [0.15, 0.2) is 0 Å². The molecule has 1 heterocycles. The molecule has 1 aliphatic rings. The van der Waals surface area contributed by atoms with Gasteiger partial charge in [0.1, 0.15) is 0 Å². The second-order valence-electron chi connectivity index (χ2n) is 9.18. The maximum Gasteiger partial charge on any atom is 0.320 e. The van der Waals surface area contributed by atoms with Gasteiger partial charge in [0.05, 0.1) is 17.9 Å². The number of rotatable bonds is 20. The third-order valence-corrected chi connectivity index (χ3v) is 6.52. The van der Waals surface area contributed by atoms with E-state index in [9.17, 15) is 9.59 Å². The average molecular weight is 425 g/mol. The number of hydrogen-bond donors (Lipinski definition) is 0. The van der Waals surface area contributed by atoms with E-state index in [-0.39, 0.29) is 12.0 Å². The van der Waals surface area contributed by atoms with Crippen LogP contribution in [-0.2, 0) is 19.1 Å². The van der Waals surface area contributed by atoms with Gasteiger partial charge >= 0.3 is 11.9 Å². The number of cyclic esters (lactones) is 2. The molecule has 3 unspecified atom stereocenters. The fourth-order valence-corrected chi connectivity index (χ4v) is 4.44. The highest BCUT2D eigenvalue weighted by atomic mass is 16.6. The van der Waals surface area contributed by atoms with Gasteiger partial charge in [-0.25, -0.2) is 0 Å². The van der Waals surface area contributed by atoms with E-state index in [4.69, 9.17) is 9.47 Å². The van der Waals surface area contributed by atoms with Gasteiger partial charge in [-0.05, 0) is 12.8 Å². The van der Waals surface area contributed by atoms with E-state index in [1.807, 2.05) is 6.92 Å². The number of unbranched alkanes of at least 4 members (excludes halogenated alkanes) is 15. The molecule has 1 saturated heterocycles. The van der Waals surface area contributed by atoms with Crippen molar-refractivity contribution in [2.24, 2.45) is 11.8 Å². The summed E-state index contributed by atoms with van der Waals surface area (Å²) in [7, 11) is 0. The molecule has 0 aromatic rings. The number of ether oxygens (including phenoxy) is 2. The Labute approximate surface area is 185 Å². The summed E-state index contributed by atoms with van der Waals surface area (Å²) in [6, 6.07) is 0. The fraction of sp³-hybridized carbons (Fsp3) is 0.923. The molecule has 1 fully saturated rings. The van der Waals surface area contributed by atoms with Crippen LogP contribution in [0.15, 0.2) is 0 Å². The largest absolute Gasteiger partial charge is 0.393 e. The van der Waals surface area contributed by atoms with Crippen LogP contribution in [0.3, 0.4) is 0 Å². The molecule has 1 aliphatic heterocycles. The molecule has 0 amide bonds. The lowest BCUT2D eigenvalue weighted by atomic mass is 9.90. The minimum absolute atomic E-state index is 0.199. The maximum atomic E-state index is 11.9. The maximum absolute atomic E-state index is 11.9. The van der Waals surface area contributed by atoms with E-state index in [0.717, 1.165) is 12.8 Å². The van der Waals surface area contributed by atoms with Crippen molar-refractivity contribution in [2.75, 3.05) is 6.61 Å². The number of carbonyl (C=O) groups excluding carboxylic acids is 2. The zero-order chi connectivity index (χ0) is 22.0. The molecule has 176 valence electrons. The van der Waals surface area contributed by atoms with Crippen LogP contribution in [0.1, 0.15) is 130 Å². The second-order valence-corrected chi connectivity index (χ2v) is 9.18. The first kappa shape index (κ1) is 27.1. The van der Waals surface area contributed by atoms with Crippen molar-refractivity contribution in [3.63, 3.8) is 0 Å². The van der Waals surface area contributed by atoms with Gasteiger partial charge in [0.25, 0.3) is 0 Å². The first-order valence-electron chi connectivity index (χ1n) is 13.0. The van der Waals surface area contributed by atoms with Crippen LogP contribution in [0.25, 0.3) is 0 Å². The Hall–Kier alpha value is -0.900. The third-order valence-electron chi connectivity index (χ3n) is 6.52. The van der Waals surface area contributed by atoms with Gasteiger partial charge in [-0.1, -0.05) is 117 Å². The van der Waals surface area contributed by atoms with Crippen molar-refractivity contribution < 1.29 is 19.1 Å². The summed E-state index contributed by atoms with van der Waals surface area (Å²) in [5, 5.41) is 0. The van der Waals surface area contributed by atoms with Crippen molar-refractivity contribution in [3.8, 4) is 0 Å². The summed E-state index contributed by atoms with van der Waals surface area (Å²) in [6.45, 7) is 6.71. The molecular formula is C26H48O4. The van der Waals surface area contributed by atoms with Crippen LogP contribution in [0.5, 0.6) is 0 Å². The van der Waals surface area contributed by atoms with Gasteiger partial charge in [-0.15, -0.1) is 0 Å². The van der Waals surface area contributed by atoms with Crippen molar-refractivity contribution in [1.29, 1.82) is 0 Å². The summed E-state index contributed by atoms with van der Waals surface area (Å²) in [6.07, 6.45) is 22.2. The van der Waals surface area contributed by atoms with E-state index in [1.165, 1.54) is 96.3 Å². The van der Waals surface area contributed by atoms with Crippen LogP contribution >= 0.6 is 0 Å². The molecule has 0 aromatic heterocycles. The lowest BCUT2D eigenvalue weighted by molar-refractivity contribution is -0.154. The van der Waals surface area contributed by atoms with Crippen LogP contribution in [0.4, 0.5) is 0 Å². The number of hydrogen-bond acceptors (Lipinski definition) is 4. The Kier molecular flexibility index (Phi) is 16.1. The first-order valence-corrected chi connectivity index (χ1v) is 13.0. The minimum atomic E-state index is -0.427. The Morgan fingerprint density at radius 2 is 1.13 bits per heavy atom. The summed E-state index contributed by atoms with van der Waals surface area (Å²) in [4.78, 5) is 23.4. The van der Waals surface area contributed by atoms with Gasteiger partial charge in [0.2, 0.25) is 0 Å². The first-order chi connectivity index (χ1) is 14.6. The van der Waals surface area contributed by atoms with Crippen molar-refractivity contribution in [3.05, 3.63) is 0 Å². The van der Waals surface area contributed by atoms with Crippen LogP contribution < -0.4 is 0 Å². The van der Waals surface area contributed by atoms with Crippen molar-refractivity contribution in [2.45, 2.75) is 136 Å². The summed E-state index contributed by atoms with van der Waals surface area (Å²) >= 11 is 0. The van der Waals surface area contributed by atoms with Gasteiger partial charge in [-0.3, -0.25) is 9.59 Å². The molecule has 30 heavy (non-hydrogen) atoms. The van der Waals surface area contributed by atoms with Crippen molar-refractivity contribution >= 4 is 11.9 Å². The van der Waals surface area contributed by atoms with E-state index < -0.39 is 17.9 Å². The zero-order valence-corrected chi connectivity index (χ0v) is 20.1. The number of esters is 2. The predicted molar refractivity (Wildman–Crippen MR) is 123 cm³/mol. The van der Waals surface area contributed by atoms with E-state index >= 15 is 0 Å². The molecule has 0 radical (unpaired) electrons. The van der Waals surface area contributed by atoms with E-state index in [1.54, 1.807) is 6.92 Å². The lowest BCUT2D eigenvalue weighted by Gasteiger charge is -2.21. The third kappa shape index (κ3) is 11.5. The molecule has 4 nitrogen and oxygen atoms in total. The smallest absolute Gasteiger partial charge is 0.320 e. The SMILES string of the molecule is CCCCCCCCCCCCCCCCCCOC(CC)C1C(=O)OC(=O)C1C. The summed E-state index contributed by atoms with van der Waals surface area (Å²) < 4.78 is 10.7. The van der Waals surface area contributed by atoms with Crippen molar-refractivity contribution in [1.82, 2.24) is 0 Å². The standard InChI is InChI=1S/C26H48O4/c1-4-6-7-8-9-10-11-12-13-14-15-16-17-18-19-20-21-29-23(5-2)24-22(3)25(27)30-26(24)28/h22-24H,4-21H2,1-3H3. The van der Waals surface area contributed by atoms with E-state index in [0.29, 0.717) is 6.61 Å². The summed E-state index contributed by atoms with van der Waals surface area (Å²) in [5.74, 6) is -1.63. The quantitative estimate of drug-likeness (QED) is 0.116. The normalized spacial score (nSPS) is 20.0. The highest BCUT2D eigenvalue weighted by Crippen LogP contribution is 2.29. The average Bonchev–Trinajstić information content (AvgIpc) is 2.99. The predicted octanol–water partition coefficient (Wildman–Crippen LogP) is 7.38. The molecule has 0 aromatic carbocycles. The fourth-order valence-electron chi connectivity index (χ4n) is 4.44. The summed E-state index contributed by atoms with van der Waals surface area (Å²) in [5.41, 5.74) is 0. The topological polar surface area (TPSA) is 52.6 Å². The Bertz CT molecular complexity index is 448. The molecular weight excluding hydrogens is 376 g/mol. The minimum Gasteiger partial charge on any atom is -0.393 e. The number of carbonyl (C=O) groups is 2. The molecule has 0 N–H and O–H groups in total. The van der Waals surface area contributed by atoms with Gasteiger partial charge in [0, 0.05) is 6.61 Å². The highest BCUT2D eigenvalue weighted by molar-refractivity contribution is 5.96. The van der Waals surface area contributed by atoms with Gasteiger partial charge in [-0.2, -0.15) is 0 Å². The Morgan fingerprint density at radius 3 is 1.50 bits per heavy atom. The molecule has 0 saturated carbocycles. The second kappa shape index (κ2) is 17.7. The molecule has 4 heteroatoms. The molecule has 3 atom stereocenters. The zero-order valence-electron chi connectivity index (χ0n) is 20.1. The molecule has 0 spiro atoms. The van der Waals surface area contributed by atoms with Gasteiger partial charge < -0.3 is 9.47 Å². The van der Waals surface area contributed by atoms with Crippen LogP contribution in [0, 0.1) is 11.8 Å². The molecule has 0 aliphatic carbocycles. The molecule has 1 rings (SSSR count). The highest BCUT2D eigenvalue weighted by Gasteiger charge is 2.45. The Balaban J connectivity index is 1.87. The molecule has 0 bridgehead atoms. The van der Waals surface area contributed by atoms with Crippen LogP contribution in [-0.4, -0.2) is 24.6 Å². The lowest BCUT2D eigenvalue weighted by Crippen LogP contribution is -2.31. The Morgan fingerprint density at radius 1 is 0.700 bits per heavy atom. The monoisotopic (exact) mass is 424 g/mol.